The average molecular weight is 523 g/mol. The van der Waals surface area contributed by atoms with Crippen molar-refractivity contribution < 1.29 is 27.5 Å². The summed E-state index contributed by atoms with van der Waals surface area (Å²) < 4.78 is 32.1. The van der Waals surface area contributed by atoms with Crippen molar-refractivity contribution in [3.63, 3.8) is 0 Å². The first-order valence-electron chi connectivity index (χ1n) is 11.3. The highest BCUT2D eigenvalue weighted by Gasteiger charge is 2.30. The number of thiophene rings is 1. The number of anilines is 1. The normalized spacial score (nSPS) is 13.4. The van der Waals surface area contributed by atoms with Crippen LogP contribution in [0.2, 0.25) is 0 Å². The van der Waals surface area contributed by atoms with Crippen LogP contribution in [0.15, 0.2) is 29.2 Å². The Bertz CT molecular complexity index is 1200. The van der Waals surface area contributed by atoms with Crippen LogP contribution < -0.4 is 11.1 Å². The summed E-state index contributed by atoms with van der Waals surface area (Å²) in [5.41, 5.74) is 6.79. The zero-order valence-corrected chi connectivity index (χ0v) is 21.6. The predicted octanol–water partition coefficient (Wildman–Crippen LogP) is 3.03. The number of ether oxygens (including phenoxy) is 1. The van der Waals surface area contributed by atoms with Crippen LogP contribution in [-0.2, 0) is 27.7 Å². The topological polar surface area (TPSA) is 139 Å². The van der Waals surface area contributed by atoms with E-state index in [9.17, 15) is 22.8 Å². The molecule has 190 valence electrons. The summed E-state index contributed by atoms with van der Waals surface area (Å²) in [5.74, 6) is -1.17. The van der Waals surface area contributed by atoms with Gasteiger partial charge in [-0.15, -0.1) is 11.3 Å². The van der Waals surface area contributed by atoms with E-state index in [0.29, 0.717) is 49.5 Å². The Morgan fingerprint density at radius 2 is 1.77 bits per heavy atom. The minimum Gasteiger partial charge on any atom is -0.453 e. The Balaban J connectivity index is 1.82. The van der Waals surface area contributed by atoms with Crippen molar-refractivity contribution in [2.45, 2.75) is 44.6 Å². The molecule has 0 unspecified atom stereocenters. The molecule has 0 saturated heterocycles. The number of nitrogens with one attached hydrogen (secondary N) is 1. The van der Waals surface area contributed by atoms with E-state index in [2.05, 4.69) is 5.32 Å². The average Bonchev–Trinajstić information content (AvgIpc) is 3.20. The summed E-state index contributed by atoms with van der Waals surface area (Å²) in [4.78, 5) is 39.3. The molecule has 2 aromatic rings. The van der Waals surface area contributed by atoms with Crippen LogP contribution in [0.1, 0.15) is 57.8 Å². The molecule has 1 aromatic carbocycles. The van der Waals surface area contributed by atoms with E-state index in [-0.39, 0.29) is 22.6 Å². The van der Waals surface area contributed by atoms with Crippen LogP contribution in [0.3, 0.4) is 0 Å². The summed E-state index contributed by atoms with van der Waals surface area (Å²) in [6, 6.07) is 5.69. The van der Waals surface area contributed by atoms with Gasteiger partial charge in [0.2, 0.25) is 10.0 Å². The molecule has 0 bridgehead atoms. The van der Waals surface area contributed by atoms with Crippen molar-refractivity contribution >= 4 is 44.3 Å². The van der Waals surface area contributed by atoms with Gasteiger partial charge in [0.1, 0.15) is 5.00 Å². The van der Waals surface area contributed by atoms with Gasteiger partial charge in [0.05, 0.1) is 24.1 Å². The second-order valence-corrected chi connectivity index (χ2v) is 11.1. The molecule has 1 aliphatic rings. The number of carbonyl (C=O) groups is 3. The third kappa shape index (κ3) is 5.65. The first kappa shape index (κ1) is 26.6. The van der Waals surface area contributed by atoms with Gasteiger partial charge in [-0.25, -0.2) is 13.2 Å². The molecule has 10 nitrogen and oxygen atoms in total. The van der Waals surface area contributed by atoms with E-state index in [1.165, 1.54) is 51.9 Å². The molecule has 35 heavy (non-hydrogen) atoms. The fourth-order valence-corrected chi connectivity index (χ4v) is 6.88. The number of rotatable bonds is 9. The SMILES string of the molecule is CCCN(CCC)S(=O)(=O)c1ccc(C(=O)Nc2sc3c(c2C(N)=O)CCN(C(=O)OC)C3)cc1. The molecule has 3 rings (SSSR count). The highest BCUT2D eigenvalue weighted by atomic mass is 32.2. The van der Waals surface area contributed by atoms with Gasteiger partial charge in [-0.05, 0) is 49.1 Å². The van der Waals surface area contributed by atoms with Crippen molar-refractivity contribution in [2.75, 3.05) is 32.1 Å². The second kappa shape index (κ2) is 11.2. The fraction of sp³-hybridized carbons (Fsp3) is 0.435. The summed E-state index contributed by atoms with van der Waals surface area (Å²) >= 11 is 1.18. The lowest BCUT2D eigenvalue weighted by molar-refractivity contribution is 0.0999. The maximum absolute atomic E-state index is 13.0. The molecule has 0 atom stereocenters. The number of benzene rings is 1. The Morgan fingerprint density at radius 1 is 1.14 bits per heavy atom. The van der Waals surface area contributed by atoms with E-state index in [1.807, 2.05) is 13.8 Å². The van der Waals surface area contributed by atoms with E-state index < -0.39 is 27.9 Å². The second-order valence-electron chi connectivity index (χ2n) is 8.10. The molecular weight excluding hydrogens is 492 g/mol. The Hall–Kier alpha value is -2.96. The number of carbonyl (C=O) groups excluding carboxylic acids is 3. The molecule has 12 heteroatoms. The standard InChI is InChI=1S/C23H30N4O6S2/c1-4-11-27(12-5-2)35(31,32)16-8-6-15(7-9-16)21(29)25-22-19(20(24)28)17-10-13-26(23(30)33-3)14-18(17)34-22/h6-9H,4-5,10-14H2,1-3H3,(H2,24,28)(H,25,29). The quantitative estimate of drug-likeness (QED) is 0.519. The van der Waals surface area contributed by atoms with E-state index in [4.69, 9.17) is 10.5 Å². The minimum absolute atomic E-state index is 0.114. The largest absolute Gasteiger partial charge is 0.453 e. The van der Waals surface area contributed by atoms with Gasteiger partial charge in [0.15, 0.2) is 0 Å². The molecule has 0 aliphatic carbocycles. The maximum atomic E-state index is 13.0. The number of fused-ring (bicyclic) bond motifs is 1. The summed E-state index contributed by atoms with van der Waals surface area (Å²) in [6.07, 6.45) is 1.34. The maximum Gasteiger partial charge on any atom is 0.409 e. The molecule has 1 aromatic heterocycles. The summed E-state index contributed by atoms with van der Waals surface area (Å²) in [7, 11) is -2.36. The Labute approximate surface area is 209 Å². The smallest absolute Gasteiger partial charge is 0.409 e. The molecule has 0 fully saturated rings. The van der Waals surface area contributed by atoms with Crippen LogP contribution in [-0.4, -0.2) is 62.3 Å². The number of nitrogens with zero attached hydrogens (tertiary/aromatic N) is 2. The van der Waals surface area contributed by atoms with Gasteiger partial charge >= 0.3 is 6.09 Å². The Morgan fingerprint density at radius 3 is 2.31 bits per heavy atom. The van der Waals surface area contributed by atoms with Crippen LogP contribution in [0.25, 0.3) is 0 Å². The molecule has 1 aliphatic heterocycles. The predicted molar refractivity (Wildman–Crippen MR) is 133 cm³/mol. The highest BCUT2D eigenvalue weighted by molar-refractivity contribution is 7.89. The number of nitrogens with two attached hydrogens (primary N) is 1. The van der Waals surface area contributed by atoms with Crippen molar-refractivity contribution in [3.05, 3.63) is 45.8 Å². The lowest BCUT2D eigenvalue weighted by Gasteiger charge is -2.25. The molecule has 3 N–H and O–H groups in total. The Kier molecular flexibility index (Phi) is 8.51. The third-order valence-electron chi connectivity index (χ3n) is 5.66. The lowest BCUT2D eigenvalue weighted by Crippen LogP contribution is -2.35. The van der Waals surface area contributed by atoms with Gasteiger partial charge < -0.3 is 20.7 Å². The van der Waals surface area contributed by atoms with Crippen molar-refractivity contribution in [3.8, 4) is 0 Å². The molecular formula is C23H30N4O6S2. The van der Waals surface area contributed by atoms with Crippen molar-refractivity contribution in [1.82, 2.24) is 9.21 Å². The number of sulfonamides is 1. The number of hydrogen-bond donors (Lipinski definition) is 2. The molecule has 0 radical (unpaired) electrons. The molecule has 3 amide bonds. The monoisotopic (exact) mass is 522 g/mol. The van der Waals surface area contributed by atoms with E-state index >= 15 is 0 Å². The fourth-order valence-electron chi connectivity index (χ4n) is 3.99. The van der Waals surface area contributed by atoms with Crippen LogP contribution >= 0.6 is 11.3 Å². The number of hydrogen-bond acceptors (Lipinski definition) is 7. The van der Waals surface area contributed by atoms with Gasteiger partial charge in [-0.2, -0.15) is 4.31 Å². The van der Waals surface area contributed by atoms with Gasteiger partial charge in [0, 0.05) is 30.1 Å². The van der Waals surface area contributed by atoms with Crippen LogP contribution in [0.4, 0.5) is 9.80 Å². The van der Waals surface area contributed by atoms with Crippen LogP contribution in [0.5, 0.6) is 0 Å². The number of amides is 3. The van der Waals surface area contributed by atoms with Gasteiger partial charge in [-0.1, -0.05) is 13.8 Å². The van der Waals surface area contributed by atoms with Gasteiger partial charge in [-0.3, -0.25) is 9.59 Å². The molecule has 0 saturated carbocycles. The van der Waals surface area contributed by atoms with E-state index in [0.717, 1.165) is 4.88 Å². The molecule has 0 spiro atoms. The van der Waals surface area contributed by atoms with Gasteiger partial charge in [0.25, 0.3) is 11.8 Å². The highest BCUT2D eigenvalue weighted by Crippen LogP contribution is 2.37. The lowest BCUT2D eigenvalue weighted by atomic mass is 10.0. The zero-order chi connectivity index (χ0) is 25.8. The van der Waals surface area contributed by atoms with Crippen LogP contribution in [0, 0.1) is 0 Å². The summed E-state index contributed by atoms with van der Waals surface area (Å²) in [6.45, 7) is 5.30. The molecule has 2 heterocycles. The number of methoxy groups -OCH3 is 1. The third-order valence-corrected chi connectivity index (χ3v) is 8.71. The number of primary amides is 1. The van der Waals surface area contributed by atoms with Crippen molar-refractivity contribution in [2.24, 2.45) is 5.73 Å². The summed E-state index contributed by atoms with van der Waals surface area (Å²) in [5, 5.41) is 3.03. The zero-order valence-electron chi connectivity index (χ0n) is 20.0. The first-order valence-corrected chi connectivity index (χ1v) is 13.6. The van der Waals surface area contributed by atoms with E-state index in [1.54, 1.807) is 0 Å². The van der Waals surface area contributed by atoms with Crippen molar-refractivity contribution in [1.29, 1.82) is 0 Å². The first-order chi connectivity index (χ1) is 16.6. The minimum atomic E-state index is -3.66.